The van der Waals surface area contributed by atoms with Crippen LogP contribution in [0, 0.1) is 6.92 Å². The highest BCUT2D eigenvalue weighted by Gasteiger charge is 2.05. The van der Waals surface area contributed by atoms with Gasteiger partial charge in [-0.05, 0) is 36.6 Å². The lowest BCUT2D eigenvalue weighted by atomic mass is 10.1. The topological polar surface area (TPSA) is 42.1 Å². The zero-order chi connectivity index (χ0) is 13.7. The van der Waals surface area contributed by atoms with E-state index in [4.69, 9.17) is 5.73 Å². The van der Waals surface area contributed by atoms with Crippen molar-refractivity contribution in [2.24, 2.45) is 5.73 Å². The Balaban J connectivity index is 2.03. The number of hydrogen-bond acceptors (Lipinski definition) is 3. The van der Waals surface area contributed by atoms with E-state index in [9.17, 15) is 0 Å². The monoisotopic (exact) mass is 255 g/mol. The second kappa shape index (κ2) is 6.34. The Morgan fingerprint density at radius 2 is 1.84 bits per heavy atom. The molecule has 2 rings (SSSR count). The minimum absolute atomic E-state index is 0.558. The first kappa shape index (κ1) is 13.6. The minimum atomic E-state index is 0.558. The van der Waals surface area contributed by atoms with Gasteiger partial charge in [-0.15, -0.1) is 0 Å². The van der Waals surface area contributed by atoms with E-state index in [0.29, 0.717) is 6.54 Å². The molecule has 1 heterocycles. The average molecular weight is 255 g/mol. The smallest absolute Gasteiger partial charge is 0.128 e. The number of rotatable bonds is 5. The van der Waals surface area contributed by atoms with Crippen LogP contribution in [-0.4, -0.2) is 18.6 Å². The van der Waals surface area contributed by atoms with Crippen LogP contribution in [0.3, 0.4) is 0 Å². The largest absolute Gasteiger partial charge is 0.359 e. The molecule has 1 aromatic heterocycles. The maximum Gasteiger partial charge on any atom is 0.128 e. The lowest BCUT2D eigenvalue weighted by molar-refractivity contribution is 0.852. The van der Waals surface area contributed by atoms with E-state index in [-0.39, 0.29) is 0 Å². The average Bonchev–Trinajstić information content (AvgIpc) is 2.45. The summed E-state index contributed by atoms with van der Waals surface area (Å²) >= 11 is 0. The van der Waals surface area contributed by atoms with Crippen molar-refractivity contribution in [2.75, 3.05) is 18.5 Å². The van der Waals surface area contributed by atoms with Crippen molar-refractivity contribution in [2.45, 2.75) is 19.9 Å². The molecule has 3 nitrogen and oxygen atoms in total. The first-order chi connectivity index (χ1) is 9.19. The Morgan fingerprint density at radius 3 is 2.53 bits per heavy atom. The van der Waals surface area contributed by atoms with Crippen molar-refractivity contribution in [3.8, 4) is 0 Å². The van der Waals surface area contributed by atoms with Crippen LogP contribution >= 0.6 is 0 Å². The van der Waals surface area contributed by atoms with Crippen LogP contribution in [0.25, 0.3) is 0 Å². The summed E-state index contributed by atoms with van der Waals surface area (Å²) in [7, 11) is 2.07. The fourth-order valence-electron chi connectivity index (χ4n) is 2.09. The molecule has 2 N–H and O–H groups in total. The molecule has 0 aliphatic carbocycles. The lowest BCUT2D eigenvalue weighted by Crippen LogP contribution is -2.22. The van der Waals surface area contributed by atoms with Crippen LogP contribution in [0.15, 0.2) is 42.5 Å². The van der Waals surface area contributed by atoms with Gasteiger partial charge in [0.25, 0.3) is 0 Å². The van der Waals surface area contributed by atoms with Gasteiger partial charge in [0.05, 0.1) is 0 Å². The van der Waals surface area contributed by atoms with E-state index < -0.39 is 0 Å². The Morgan fingerprint density at radius 1 is 1.11 bits per heavy atom. The van der Waals surface area contributed by atoms with Crippen LogP contribution in [-0.2, 0) is 13.0 Å². The first-order valence-corrected chi connectivity index (χ1v) is 6.62. The lowest BCUT2D eigenvalue weighted by Gasteiger charge is -2.19. The van der Waals surface area contributed by atoms with E-state index in [2.05, 4.69) is 47.3 Å². The highest BCUT2D eigenvalue weighted by molar-refractivity contribution is 5.42. The maximum absolute atomic E-state index is 5.71. The van der Waals surface area contributed by atoms with Crippen LogP contribution in [0.2, 0.25) is 0 Å². The minimum Gasteiger partial charge on any atom is -0.359 e. The van der Waals surface area contributed by atoms with Crippen molar-refractivity contribution in [3.63, 3.8) is 0 Å². The number of hydrogen-bond donors (Lipinski definition) is 1. The predicted molar refractivity (Wildman–Crippen MR) is 80.3 cm³/mol. The standard InChI is InChI=1S/C16H21N3/c1-13-10-15(12-17)11-16(18-13)19(2)9-8-14-6-4-3-5-7-14/h3-7,10-11H,8-9,12,17H2,1-2H3. The van der Waals surface area contributed by atoms with Gasteiger partial charge >= 0.3 is 0 Å². The Kier molecular flexibility index (Phi) is 4.53. The summed E-state index contributed by atoms with van der Waals surface area (Å²) in [6, 6.07) is 14.6. The molecule has 3 heteroatoms. The van der Waals surface area contributed by atoms with Crippen LogP contribution in [0.5, 0.6) is 0 Å². The van der Waals surface area contributed by atoms with Crippen molar-refractivity contribution in [1.29, 1.82) is 0 Å². The number of likely N-dealkylation sites (N-methyl/N-ethyl adjacent to an activating group) is 1. The molecule has 1 aromatic carbocycles. The van der Waals surface area contributed by atoms with Gasteiger partial charge in [-0.2, -0.15) is 0 Å². The third-order valence-electron chi connectivity index (χ3n) is 3.21. The van der Waals surface area contributed by atoms with E-state index in [1.165, 1.54) is 5.56 Å². The fourth-order valence-corrected chi connectivity index (χ4v) is 2.09. The third kappa shape index (κ3) is 3.80. The summed E-state index contributed by atoms with van der Waals surface area (Å²) in [6.07, 6.45) is 1.02. The Hall–Kier alpha value is -1.87. The van der Waals surface area contributed by atoms with Crippen LogP contribution in [0.1, 0.15) is 16.8 Å². The molecule has 0 bridgehead atoms. The molecule has 0 amide bonds. The number of pyridine rings is 1. The van der Waals surface area contributed by atoms with E-state index in [0.717, 1.165) is 30.0 Å². The second-order valence-corrected chi connectivity index (χ2v) is 4.84. The molecule has 100 valence electrons. The number of anilines is 1. The molecule has 0 aliphatic heterocycles. The summed E-state index contributed by atoms with van der Waals surface area (Å²) in [5.74, 6) is 0.997. The zero-order valence-electron chi connectivity index (χ0n) is 11.6. The molecule has 0 saturated heterocycles. The van der Waals surface area contributed by atoms with Gasteiger partial charge in [0, 0.05) is 25.8 Å². The first-order valence-electron chi connectivity index (χ1n) is 6.62. The molecule has 0 spiro atoms. The summed E-state index contributed by atoms with van der Waals surface area (Å²) < 4.78 is 0. The highest BCUT2D eigenvalue weighted by atomic mass is 15.2. The number of benzene rings is 1. The van der Waals surface area contributed by atoms with Crippen molar-refractivity contribution in [1.82, 2.24) is 4.98 Å². The number of nitrogens with two attached hydrogens (primary N) is 1. The normalized spacial score (nSPS) is 10.5. The third-order valence-corrected chi connectivity index (χ3v) is 3.21. The Bertz CT molecular complexity index is 523. The van der Waals surface area contributed by atoms with Crippen LogP contribution in [0.4, 0.5) is 5.82 Å². The number of nitrogens with zero attached hydrogens (tertiary/aromatic N) is 2. The van der Waals surface area contributed by atoms with Gasteiger partial charge in [-0.1, -0.05) is 30.3 Å². The van der Waals surface area contributed by atoms with Gasteiger partial charge in [-0.25, -0.2) is 4.98 Å². The molecule has 0 fully saturated rings. The van der Waals surface area contributed by atoms with Gasteiger partial charge in [0.2, 0.25) is 0 Å². The molecule has 0 radical (unpaired) electrons. The molecule has 0 aliphatic rings. The van der Waals surface area contributed by atoms with E-state index in [1.54, 1.807) is 0 Å². The van der Waals surface area contributed by atoms with Gasteiger partial charge in [0.1, 0.15) is 5.82 Å². The van der Waals surface area contributed by atoms with Crippen molar-refractivity contribution >= 4 is 5.82 Å². The second-order valence-electron chi connectivity index (χ2n) is 4.84. The molecule has 0 atom stereocenters. The summed E-state index contributed by atoms with van der Waals surface area (Å²) in [5, 5.41) is 0. The van der Waals surface area contributed by atoms with Gasteiger partial charge < -0.3 is 10.6 Å². The van der Waals surface area contributed by atoms with Gasteiger partial charge in [-0.3, -0.25) is 0 Å². The van der Waals surface area contributed by atoms with Crippen molar-refractivity contribution in [3.05, 3.63) is 59.3 Å². The van der Waals surface area contributed by atoms with E-state index in [1.807, 2.05) is 19.1 Å². The molecule has 19 heavy (non-hydrogen) atoms. The molecule has 0 unspecified atom stereocenters. The summed E-state index contributed by atoms with van der Waals surface area (Å²) in [5.41, 5.74) is 9.21. The summed E-state index contributed by atoms with van der Waals surface area (Å²) in [6.45, 7) is 3.51. The van der Waals surface area contributed by atoms with Crippen LogP contribution < -0.4 is 10.6 Å². The fraction of sp³-hybridized carbons (Fsp3) is 0.312. The zero-order valence-corrected chi connectivity index (χ0v) is 11.6. The Labute approximate surface area is 115 Å². The molecular formula is C16H21N3. The quantitative estimate of drug-likeness (QED) is 0.892. The summed E-state index contributed by atoms with van der Waals surface area (Å²) in [4.78, 5) is 6.74. The number of aromatic nitrogens is 1. The molecular weight excluding hydrogens is 234 g/mol. The van der Waals surface area contributed by atoms with E-state index >= 15 is 0 Å². The molecule has 0 saturated carbocycles. The molecule has 2 aromatic rings. The number of aryl methyl sites for hydroxylation is 1. The van der Waals surface area contributed by atoms with Gasteiger partial charge in [0.15, 0.2) is 0 Å². The maximum atomic E-state index is 5.71. The predicted octanol–water partition coefficient (Wildman–Crippen LogP) is 2.53. The van der Waals surface area contributed by atoms with Crippen molar-refractivity contribution < 1.29 is 0 Å². The highest BCUT2D eigenvalue weighted by Crippen LogP contribution is 2.14. The SMILES string of the molecule is Cc1cc(CN)cc(N(C)CCc2ccccc2)n1.